The van der Waals surface area contributed by atoms with Crippen molar-refractivity contribution in [2.75, 3.05) is 39.8 Å². The van der Waals surface area contributed by atoms with Gasteiger partial charge in [0.1, 0.15) is 6.29 Å². The molecular formula is C27H40N6O4S. The molecule has 0 aromatic heterocycles. The van der Waals surface area contributed by atoms with Crippen LogP contribution in [0.15, 0.2) is 52.4 Å². The molecule has 208 valence electrons. The first-order valence-electron chi connectivity index (χ1n) is 12.9. The average Bonchev–Trinajstić information content (AvgIpc) is 2.95. The molecule has 10 nitrogen and oxygen atoms in total. The number of carbonyl (C=O) groups excluding carboxylic acids is 3. The molecule has 1 aliphatic heterocycles. The Labute approximate surface area is 228 Å². The molecule has 2 amide bonds. The van der Waals surface area contributed by atoms with E-state index in [1.165, 1.54) is 17.3 Å². The summed E-state index contributed by atoms with van der Waals surface area (Å²) in [5.74, 6) is 0.154. The van der Waals surface area contributed by atoms with E-state index in [0.29, 0.717) is 64.8 Å². The third kappa shape index (κ3) is 10.3. The fraction of sp³-hybridized carbons (Fsp3) is 0.481. The van der Waals surface area contributed by atoms with Crippen molar-refractivity contribution in [1.82, 2.24) is 14.5 Å². The smallest absolute Gasteiger partial charge is 0.240 e. The van der Waals surface area contributed by atoms with Gasteiger partial charge in [0, 0.05) is 57.6 Å². The number of aliphatic hydroxyl groups is 1. The highest BCUT2D eigenvalue weighted by Gasteiger charge is 2.28. The first kappa shape index (κ1) is 31.1. The Kier molecular flexibility index (Phi) is 14.2. The minimum absolute atomic E-state index is 0.0195. The molecule has 0 spiro atoms. The van der Waals surface area contributed by atoms with Crippen LogP contribution in [0.2, 0.25) is 0 Å². The number of nitrogens with one attached hydrogen (secondary N) is 1. The van der Waals surface area contributed by atoms with Crippen molar-refractivity contribution in [2.24, 2.45) is 16.5 Å². The number of aliphatic imine (C=N–C) groups is 1. The summed E-state index contributed by atoms with van der Waals surface area (Å²) in [6.45, 7) is 2.52. The highest BCUT2D eigenvalue weighted by Crippen LogP contribution is 2.23. The summed E-state index contributed by atoms with van der Waals surface area (Å²) in [6, 6.07) is 14.0. The van der Waals surface area contributed by atoms with E-state index in [-0.39, 0.29) is 17.8 Å². The Balaban J connectivity index is 0.00000247. The average molecular weight is 545 g/mol. The molecule has 3 rings (SSSR count). The van der Waals surface area contributed by atoms with Gasteiger partial charge in [-0.05, 0) is 60.5 Å². The van der Waals surface area contributed by atoms with E-state index < -0.39 is 6.04 Å². The van der Waals surface area contributed by atoms with Crippen molar-refractivity contribution >= 4 is 46.8 Å². The number of benzene rings is 2. The highest BCUT2D eigenvalue weighted by atomic mass is 32.2. The van der Waals surface area contributed by atoms with Gasteiger partial charge in [0.15, 0.2) is 5.96 Å². The van der Waals surface area contributed by atoms with E-state index in [1.54, 1.807) is 0 Å². The second-order valence-electron chi connectivity index (χ2n) is 8.85. The van der Waals surface area contributed by atoms with Crippen molar-refractivity contribution in [1.29, 1.82) is 0 Å². The van der Waals surface area contributed by atoms with Gasteiger partial charge in [0.25, 0.3) is 0 Å². The van der Waals surface area contributed by atoms with Crippen LogP contribution in [0, 0.1) is 0 Å². The number of nitrogens with two attached hydrogens (primary N) is 2. The van der Waals surface area contributed by atoms with Gasteiger partial charge in [-0.25, -0.2) is 4.72 Å². The SMILES string of the molecule is CO.NC(N)=NCCCC(NSc1ccc2ccccc2c1)C(=O)N1CCN(C(=O)CCCCC=O)CC1. The van der Waals surface area contributed by atoms with Crippen molar-refractivity contribution in [3.05, 3.63) is 42.5 Å². The number of hydrogen-bond donors (Lipinski definition) is 4. The molecule has 0 aliphatic carbocycles. The molecule has 1 unspecified atom stereocenters. The number of aliphatic hydroxyl groups excluding tert-OH is 1. The van der Waals surface area contributed by atoms with Crippen molar-refractivity contribution in [3.63, 3.8) is 0 Å². The Bertz CT molecular complexity index is 1050. The summed E-state index contributed by atoms with van der Waals surface area (Å²) in [7, 11) is 1.00. The van der Waals surface area contributed by atoms with E-state index in [1.807, 2.05) is 28.0 Å². The van der Waals surface area contributed by atoms with E-state index >= 15 is 0 Å². The lowest BCUT2D eigenvalue weighted by Crippen LogP contribution is -2.54. The predicted octanol–water partition coefficient (Wildman–Crippen LogP) is 1.90. The molecule has 1 saturated heterocycles. The van der Waals surface area contributed by atoms with E-state index in [2.05, 4.69) is 34.0 Å². The van der Waals surface area contributed by atoms with E-state index in [4.69, 9.17) is 16.6 Å². The van der Waals surface area contributed by atoms with E-state index in [9.17, 15) is 14.4 Å². The normalized spacial score (nSPS) is 13.8. The van der Waals surface area contributed by atoms with Gasteiger partial charge in [-0.2, -0.15) is 0 Å². The Morgan fingerprint density at radius 3 is 2.39 bits per heavy atom. The number of aldehydes is 1. The van der Waals surface area contributed by atoms with Crippen molar-refractivity contribution in [3.8, 4) is 0 Å². The zero-order chi connectivity index (χ0) is 27.8. The number of amides is 2. The molecule has 1 atom stereocenters. The number of unbranched alkanes of at least 4 members (excludes halogenated alkanes) is 2. The van der Waals surface area contributed by atoms with Gasteiger partial charge < -0.3 is 31.2 Å². The molecule has 1 fully saturated rings. The van der Waals surface area contributed by atoms with Crippen LogP contribution in [0.1, 0.15) is 38.5 Å². The van der Waals surface area contributed by atoms with Gasteiger partial charge in [-0.15, -0.1) is 0 Å². The van der Waals surface area contributed by atoms with E-state index in [0.717, 1.165) is 30.1 Å². The number of carbonyl (C=O) groups is 3. The maximum atomic E-state index is 13.4. The highest BCUT2D eigenvalue weighted by molar-refractivity contribution is 7.97. The van der Waals surface area contributed by atoms with Crippen LogP contribution in [0.3, 0.4) is 0 Å². The summed E-state index contributed by atoms with van der Waals surface area (Å²) in [6.07, 6.45) is 4.52. The third-order valence-electron chi connectivity index (χ3n) is 6.19. The molecular weight excluding hydrogens is 504 g/mol. The topological polar surface area (TPSA) is 154 Å². The minimum Gasteiger partial charge on any atom is -0.400 e. The summed E-state index contributed by atoms with van der Waals surface area (Å²) < 4.78 is 3.37. The third-order valence-corrected chi connectivity index (χ3v) is 7.08. The molecule has 1 heterocycles. The predicted molar refractivity (Wildman–Crippen MR) is 152 cm³/mol. The Hall–Kier alpha value is -3.15. The standard InChI is InChI=1S/C26H36N6O3S.CH4O/c27-26(28)29-13-6-9-23(30-36-22-12-11-20-7-3-4-8-21(20)19-22)25(35)32-16-14-31(15-17-32)24(34)10-2-1-5-18-33;1-2/h3-4,7-8,11-12,18-19,23,30H,1-2,5-6,9-10,13-17H2,(H4,27,28,29);2H,1H3. The molecule has 0 bridgehead atoms. The van der Waals surface area contributed by atoms with Gasteiger partial charge in [0.05, 0.1) is 6.04 Å². The molecule has 2 aromatic rings. The van der Waals surface area contributed by atoms with Crippen LogP contribution in [-0.2, 0) is 14.4 Å². The van der Waals surface area contributed by atoms with Crippen molar-refractivity contribution < 1.29 is 19.5 Å². The first-order valence-corrected chi connectivity index (χ1v) is 13.7. The molecule has 6 N–H and O–H groups in total. The number of rotatable bonds is 13. The van der Waals surface area contributed by atoms with Gasteiger partial charge >= 0.3 is 0 Å². The largest absolute Gasteiger partial charge is 0.400 e. The molecule has 0 saturated carbocycles. The fourth-order valence-electron chi connectivity index (χ4n) is 4.17. The van der Waals surface area contributed by atoms with Crippen molar-refractivity contribution in [2.45, 2.75) is 49.5 Å². The van der Waals surface area contributed by atoms with Crippen LogP contribution in [-0.4, -0.2) is 84.8 Å². The number of fused-ring (bicyclic) bond motifs is 1. The number of piperazine rings is 1. The number of nitrogens with zero attached hydrogens (tertiary/aromatic N) is 3. The summed E-state index contributed by atoms with van der Waals surface area (Å²) in [4.78, 5) is 45.0. The monoisotopic (exact) mass is 544 g/mol. The Morgan fingerprint density at radius 1 is 1.03 bits per heavy atom. The molecule has 38 heavy (non-hydrogen) atoms. The zero-order valence-electron chi connectivity index (χ0n) is 22.1. The lowest BCUT2D eigenvalue weighted by molar-refractivity contribution is -0.140. The second kappa shape index (κ2) is 17.4. The van der Waals surface area contributed by atoms with Gasteiger partial charge in [0.2, 0.25) is 11.8 Å². The van der Waals surface area contributed by atoms with Gasteiger partial charge in [-0.1, -0.05) is 30.3 Å². The number of guanidine groups is 1. The van der Waals surface area contributed by atoms with Gasteiger partial charge in [-0.3, -0.25) is 14.6 Å². The van der Waals surface area contributed by atoms with Crippen LogP contribution in [0.25, 0.3) is 10.8 Å². The lowest BCUT2D eigenvalue weighted by Gasteiger charge is -2.36. The first-order chi connectivity index (χ1) is 18.5. The maximum absolute atomic E-state index is 13.4. The second-order valence-corrected chi connectivity index (χ2v) is 9.76. The lowest BCUT2D eigenvalue weighted by atomic mass is 10.1. The van der Waals surface area contributed by atoms with Crippen LogP contribution >= 0.6 is 11.9 Å². The quantitative estimate of drug-likeness (QED) is 0.0980. The zero-order valence-corrected chi connectivity index (χ0v) is 22.9. The summed E-state index contributed by atoms with van der Waals surface area (Å²) >= 11 is 1.45. The molecule has 2 aromatic carbocycles. The summed E-state index contributed by atoms with van der Waals surface area (Å²) in [5.41, 5.74) is 10.9. The molecule has 0 radical (unpaired) electrons. The fourth-order valence-corrected chi connectivity index (χ4v) is 4.98. The minimum atomic E-state index is -0.402. The molecule has 1 aliphatic rings. The Morgan fingerprint density at radius 2 is 1.71 bits per heavy atom. The van der Waals surface area contributed by atoms with Crippen LogP contribution < -0.4 is 16.2 Å². The van der Waals surface area contributed by atoms with Crippen LogP contribution in [0.5, 0.6) is 0 Å². The molecule has 11 heteroatoms. The summed E-state index contributed by atoms with van der Waals surface area (Å²) in [5, 5.41) is 9.31. The maximum Gasteiger partial charge on any atom is 0.240 e. The van der Waals surface area contributed by atoms with Crippen LogP contribution in [0.4, 0.5) is 0 Å². The number of hydrogen-bond acceptors (Lipinski definition) is 7.